The monoisotopic (exact) mass is 462 g/mol. The second-order valence-electron chi connectivity index (χ2n) is 5.94. The van der Waals surface area contributed by atoms with Crippen molar-refractivity contribution in [3.63, 3.8) is 0 Å². The van der Waals surface area contributed by atoms with Gasteiger partial charge in [0.15, 0.2) is 11.5 Å². The Balaban J connectivity index is 1.99. The molecule has 0 N–H and O–H groups in total. The van der Waals surface area contributed by atoms with Gasteiger partial charge in [-0.15, -0.1) is 0 Å². The zero-order chi connectivity index (χ0) is 18.8. The van der Waals surface area contributed by atoms with E-state index >= 15 is 0 Å². The van der Waals surface area contributed by atoms with Crippen LogP contribution >= 0.6 is 22.6 Å². The number of aryl methyl sites for hydroxylation is 1. The van der Waals surface area contributed by atoms with Crippen molar-refractivity contribution in [1.82, 2.24) is 0 Å². The van der Waals surface area contributed by atoms with Crippen molar-refractivity contribution in [2.45, 2.75) is 13.8 Å². The van der Waals surface area contributed by atoms with E-state index in [1.54, 1.807) is 14.2 Å². The predicted octanol–water partition coefficient (Wildman–Crippen LogP) is 4.42. The maximum atomic E-state index is 12.9. The van der Waals surface area contributed by atoms with E-state index < -0.39 is 0 Å². The highest BCUT2D eigenvalue weighted by Gasteiger charge is 2.28. The van der Waals surface area contributed by atoms with Gasteiger partial charge >= 0.3 is 0 Å². The summed E-state index contributed by atoms with van der Waals surface area (Å²) >= 11 is 2.19. The number of hydrogen-bond acceptors (Lipinski definition) is 4. The molecule has 5 nitrogen and oxygen atoms in total. The van der Waals surface area contributed by atoms with Crippen LogP contribution in [0, 0.1) is 10.5 Å². The van der Waals surface area contributed by atoms with E-state index in [2.05, 4.69) is 27.7 Å². The largest absolute Gasteiger partial charge is 0.493 e. The highest BCUT2D eigenvalue weighted by molar-refractivity contribution is 14.1. The van der Waals surface area contributed by atoms with Crippen molar-refractivity contribution in [1.29, 1.82) is 0 Å². The van der Waals surface area contributed by atoms with E-state index in [0.717, 1.165) is 20.4 Å². The standard InChI is InChI=1S/C20H19IN2O3/c1-12-6-5-7-15(8-12)23-20(24)16(13(2)22-23)9-14-10-17(21)19(26-4)18(11-14)25-3/h5-11H,1-4H3. The highest BCUT2D eigenvalue weighted by atomic mass is 127. The maximum Gasteiger partial charge on any atom is 0.280 e. The minimum absolute atomic E-state index is 0.141. The lowest BCUT2D eigenvalue weighted by atomic mass is 10.1. The third-order valence-electron chi connectivity index (χ3n) is 4.08. The second kappa shape index (κ2) is 7.49. The van der Waals surface area contributed by atoms with Gasteiger partial charge in [-0.1, -0.05) is 12.1 Å². The van der Waals surface area contributed by atoms with Crippen LogP contribution in [0.2, 0.25) is 0 Å². The van der Waals surface area contributed by atoms with E-state index in [-0.39, 0.29) is 5.91 Å². The number of anilines is 1. The lowest BCUT2D eigenvalue weighted by molar-refractivity contribution is -0.114. The molecular formula is C20H19IN2O3. The first-order chi connectivity index (χ1) is 12.4. The molecule has 26 heavy (non-hydrogen) atoms. The van der Waals surface area contributed by atoms with Crippen LogP contribution in [0.15, 0.2) is 47.1 Å². The quantitative estimate of drug-likeness (QED) is 0.500. The molecule has 1 amide bonds. The van der Waals surface area contributed by atoms with Crippen molar-refractivity contribution in [2.75, 3.05) is 19.2 Å². The number of benzene rings is 2. The molecule has 0 saturated carbocycles. The Hall–Kier alpha value is -2.35. The van der Waals surface area contributed by atoms with E-state index in [4.69, 9.17) is 9.47 Å². The van der Waals surface area contributed by atoms with Crippen molar-refractivity contribution in [3.8, 4) is 11.5 Å². The average molecular weight is 462 g/mol. The van der Waals surface area contributed by atoms with Crippen molar-refractivity contribution in [2.24, 2.45) is 5.10 Å². The molecule has 1 heterocycles. The summed E-state index contributed by atoms with van der Waals surface area (Å²) in [7, 11) is 3.20. The summed E-state index contributed by atoms with van der Waals surface area (Å²) in [4.78, 5) is 12.9. The van der Waals surface area contributed by atoms with Crippen LogP contribution in [0.5, 0.6) is 11.5 Å². The summed E-state index contributed by atoms with van der Waals surface area (Å²) in [6.45, 7) is 3.83. The number of halogens is 1. The second-order valence-corrected chi connectivity index (χ2v) is 7.10. The van der Waals surface area contributed by atoms with Gasteiger partial charge in [0.2, 0.25) is 0 Å². The van der Waals surface area contributed by atoms with Crippen molar-refractivity contribution in [3.05, 3.63) is 56.7 Å². The van der Waals surface area contributed by atoms with E-state index in [1.165, 1.54) is 5.01 Å². The molecule has 1 aliphatic heterocycles. The summed E-state index contributed by atoms with van der Waals surface area (Å²) < 4.78 is 11.7. The van der Waals surface area contributed by atoms with Crippen LogP contribution in [-0.2, 0) is 4.79 Å². The molecule has 0 aromatic heterocycles. The molecule has 0 saturated heterocycles. The van der Waals surface area contributed by atoms with Gasteiger partial charge in [0.1, 0.15) is 0 Å². The van der Waals surface area contributed by atoms with Gasteiger partial charge in [-0.2, -0.15) is 10.1 Å². The number of hydrazone groups is 1. The van der Waals surface area contributed by atoms with Crippen molar-refractivity contribution >= 4 is 46.0 Å². The van der Waals surface area contributed by atoms with E-state index in [0.29, 0.717) is 22.8 Å². The first-order valence-electron chi connectivity index (χ1n) is 8.04. The fourth-order valence-corrected chi connectivity index (χ4v) is 3.65. The molecule has 0 bridgehead atoms. The number of nitrogens with zero attached hydrogens (tertiary/aromatic N) is 2. The summed E-state index contributed by atoms with van der Waals surface area (Å²) in [5, 5.41) is 5.88. The van der Waals surface area contributed by atoms with Crippen molar-refractivity contribution < 1.29 is 14.3 Å². The predicted molar refractivity (Wildman–Crippen MR) is 112 cm³/mol. The Kier molecular flexibility index (Phi) is 5.31. The fraction of sp³-hybridized carbons (Fsp3) is 0.200. The minimum Gasteiger partial charge on any atom is -0.493 e. The molecule has 0 atom stereocenters. The molecule has 0 aliphatic carbocycles. The summed E-state index contributed by atoms with van der Waals surface area (Å²) in [6, 6.07) is 11.5. The summed E-state index contributed by atoms with van der Waals surface area (Å²) in [5.74, 6) is 1.17. The van der Waals surface area contributed by atoms with Gasteiger partial charge in [-0.05, 0) is 77.9 Å². The first kappa shape index (κ1) is 18.4. The van der Waals surface area contributed by atoms with Crippen LogP contribution < -0.4 is 14.5 Å². The summed E-state index contributed by atoms with van der Waals surface area (Å²) in [5.41, 5.74) is 3.95. The molecule has 0 spiro atoms. The Morgan fingerprint density at radius 3 is 2.54 bits per heavy atom. The molecule has 134 valence electrons. The van der Waals surface area contributed by atoms with Gasteiger partial charge < -0.3 is 9.47 Å². The zero-order valence-corrected chi connectivity index (χ0v) is 17.2. The Morgan fingerprint density at radius 1 is 1.12 bits per heavy atom. The Labute approximate surface area is 166 Å². The number of hydrogen-bond donors (Lipinski definition) is 0. The molecule has 2 aromatic carbocycles. The SMILES string of the molecule is COc1cc(C=C2C(=O)N(c3cccc(C)c3)N=C2C)cc(I)c1OC. The maximum absolute atomic E-state index is 12.9. The first-order valence-corrected chi connectivity index (χ1v) is 9.12. The average Bonchev–Trinajstić information content (AvgIpc) is 2.89. The number of ether oxygens (including phenoxy) is 2. The number of carbonyl (C=O) groups excluding carboxylic acids is 1. The highest BCUT2D eigenvalue weighted by Crippen LogP contribution is 2.35. The normalized spacial score (nSPS) is 15.4. The minimum atomic E-state index is -0.141. The van der Waals surface area contributed by atoms with Gasteiger partial charge in [0.25, 0.3) is 5.91 Å². The molecular weight excluding hydrogens is 443 g/mol. The van der Waals surface area contributed by atoms with Gasteiger partial charge in [-0.25, -0.2) is 0 Å². The number of amides is 1. The topological polar surface area (TPSA) is 51.1 Å². The molecule has 3 rings (SSSR count). The Morgan fingerprint density at radius 2 is 1.88 bits per heavy atom. The van der Waals surface area contributed by atoms with Crippen LogP contribution in [0.4, 0.5) is 5.69 Å². The molecule has 0 radical (unpaired) electrons. The van der Waals surface area contributed by atoms with E-state index in [9.17, 15) is 4.79 Å². The molecule has 1 aliphatic rings. The fourth-order valence-electron chi connectivity index (χ4n) is 2.81. The lowest BCUT2D eigenvalue weighted by Crippen LogP contribution is -2.21. The van der Waals surface area contributed by atoms with E-state index in [1.807, 2.05) is 56.3 Å². The van der Waals surface area contributed by atoms with Crippen LogP contribution in [0.1, 0.15) is 18.1 Å². The van der Waals surface area contributed by atoms with Gasteiger partial charge in [0, 0.05) is 0 Å². The summed E-state index contributed by atoms with van der Waals surface area (Å²) in [6.07, 6.45) is 1.83. The lowest BCUT2D eigenvalue weighted by Gasteiger charge is -2.12. The third-order valence-corrected chi connectivity index (χ3v) is 4.88. The Bertz CT molecular complexity index is 935. The smallest absolute Gasteiger partial charge is 0.280 e. The number of rotatable bonds is 4. The van der Waals surface area contributed by atoms with Crippen LogP contribution in [-0.4, -0.2) is 25.8 Å². The molecule has 2 aromatic rings. The molecule has 6 heteroatoms. The van der Waals surface area contributed by atoms with Crippen LogP contribution in [0.3, 0.4) is 0 Å². The zero-order valence-electron chi connectivity index (χ0n) is 15.0. The number of carbonyl (C=O) groups is 1. The number of methoxy groups -OCH3 is 2. The third kappa shape index (κ3) is 3.46. The molecule has 0 fully saturated rings. The van der Waals surface area contributed by atoms with Crippen LogP contribution in [0.25, 0.3) is 6.08 Å². The van der Waals surface area contributed by atoms with Gasteiger partial charge in [-0.3, -0.25) is 4.79 Å². The molecule has 0 unspecified atom stereocenters. The van der Waals surface area contributed by atoms with Gasteiger partial charge in [0.05, 0.1) is 34.8 Å².